The average Bonchev–Trinajstić information content (AvgIpc) is 3.16. The number of ether oxygens (including phenoxy) is 2. The highest BCUT2D eigenvalue weighted by molar-refractivity contribution is 5.87. The van der Waals surface area contributed by atoms with Crippen LogP contribution in [0.5, 0.6) is 0 Å². The van der Waals surface area contributed by atoms with E-state index in [1.165, 1.54) is 6.08 Å². The van der Waals surface area contributed by atoms with Gasteiger partial charge in [0, 0.05) is 19.1 Å². The molecule has 184 valence electrons. The summed E-state index contributed by atoms with van der Waals surface area (Å²) in [6, 6.07) is 15.1. The first-order valence-electron chi connectivity index (χ1n) is 11.8. The van der Waals surface area contributed by atoms with Crippen LogP contribution < -0.4 is 10.6 Å². The van der Waals surface area contributed by atoms with E-state index in [0.717, 1.165) is 22.3 Å². The van der Waals surface area contributed by atoms with Crippen molar-refractivity contribution < 1.29 is 29.0 Å². The van der Waals surface area contributed by atoms with Gasteiger partial charge in [-0.15, -0.1) is 6.58 Å². The number of carboxylic acid groups (broad SMARTS) is 1. The summed E-state index contributed by atoms with van der Waals surface area (Å²) in [5, 5.41) is 14.8. The topological polar surface area (TPSA) is 114 Å². The fourth-order valence-corrected chi connectivity index (χ4v) is 4.93. The normalized spacial score (nSPS) is 16.9. The molecule has 1 atom stereocenters. The minimum absolute atomic E-state index is 0.0964. The van der Waals surface area contributed by atoms with E-state index in [1.54, 1.807) is 0 Å². The van der Waals surface area contributed by atoms with Crippen LogP contribution in [-0.4, -0.2) is 54.5 Å². The monoisotopic (exact) mass is 478 g/mol. The van der Waals surface area contributed by atoms with Gasteiger partial charge >= 0.3 is 12.1 Å². The lowest BCUT2D eigenvalue weighted by Gasteiger charge is -2.37. The van der Waals surface area contributed by atoms with Crippen LogP contribution >= 0.6 is 0 Å². The zero-order valence-electron chi connectivity index (χ0n) is 19.5. The molecule has 0 bridgehead atoms. The lowest BCUT2D eigenvalue weighted by atomic mass is 9.86. The zero-order valence-corrected chi connectivity index (χ0v) is 19.5. The van der Waals surface area contributed by atoms with Crippen molar-refractivity contribution in [3.8, 4) is 11.1 Å². The van der Waals surface area contributed by atoms with Crippen LogP contribution in [0.2, 0.25) is 0 Å². The third-order valence-electron chi connectivity index (χ3n) is 6.68. The highest BCUT2D eigenvalue weighted by Gasteiger charge is 2.38. The van der Waals surface area contributed by atoms with Crippen LogP contribution in [0.1, 0.15) is 42.7 Å². The van der Waals surface area contributed by atoms with E-state index >= 15 is 0 Å². The summed E-state index contributed by atoms with van der Waals surface area (Å²) in [7, 11) is 0. The number of aliphatic carboxylic acids is 1. The van der Waals surface area contributed by atoms with E-state index in [9.17, 15) is 19.5 Å². The second-order valence-electron chi connectivity index (χ2n) is 9.00. The Hall–Kier alpha value is -3.65. The molecule has 2 aliphatic rings. The number of hydrogen-bond acceptors (Lipinski definition) is 5. The maximum absolute atomic E-state index is 13.0. The molecule has 8 nitrogen and oxygen atoms in total. The van der Waals surface area contributed by atoms with Crippen LogP contribution in [0.3, 0.4) is 0 Å². The highest BCUT2D eigenvalue weighted by atomic mass is 16.5. The minimum atomic E-state index is -1.00. The van der Waals surface area contributed by atoms with Crippen molar-refractivity contribution >= 4 is 18.0 Å². The van der Waals surface area contributed by atoms with Crippen molar-refractivity contribution in [3.63, 3.8) is 0 Å². The number of amides is 2. The second kappa shape index (κ2) is 10.7. The summed E-state index contributed by atoms with van der Waals surface area (Å²) in [5.74, 6) is -1.57. The van der Waals surface area contributed by atoms with E-state index in [2.05, 4.69) is 29.3 Å². The third-order valence-corrected chi connectivity index (χ3v) is 6.68. The molecule has 4 rings (SSSR count). The van der Waals surface area contributed by atoms with Crippen molar-refractivity contribution in [1.29, 1.82) is 0 Å². The summed E-state index contributed by atoms with van der Waals surface area (Å²) < 4.78 is 10.9. The van der Waals surface area contributed by atoms with Crippen molar-refractivity contribution in [1.82, 2.24) is 10.6 Å². The highest BCUT2D eigenvalue weighted by Crippen LogP contribution is 2.44. The van der Waals surface area contributed by atoms with E-state index in [1.807, 2.05) is 36.4 Å². The molecule has 0 spiro atoms. The van der Waals surface area contributed by atoms with Crippen LogP contribution in [0, 0.1) is 0 Å². The van der Waals surface area contributed by atoms with Crippen LogP contribution in [0.25, 0.3) is 11.1 Å². The Morgan fingerprint density at radius 2 is 1.69 bits per heavy atom. The Kier molecular flexibility index (Phi) is 7.51. The number of rotatable bonds is 9. The minimum Gasteiger partial charge on any atom is -0.481 e. The molecule has 0 radical (unpaired) electrons. The molecular weight excluding hydrogens is 448 g/mol. The fraction of sp³-hybridized carbons (Fsp3) is 0.370. The number of carboxylic acids is 1. The maximum atomic E-state index is 13.0. The van der Waals surface area contributed by atoms with Gasteiger partial charge in [-0.2, -0.15) is 0 Å². The number of carbonyl (C=O) groups excluding carboxylic acids is 2. The summed E-state index contributed by atoms with van der Waals surface area (Å²) in [6.45, 7) is 4.52. The Bertz CT molecular complexity index is 1060. The predicted octanol–water partition coefficient (Wildman–Crippen LogP) is 3.61. The van der Waals surface area contributed by atoms with Crippen LogP contribution in [0.4, 0.5) is 4.79 Å². The SMILES string of the molecule is C=CCC(NC(=O)OCC1c2ccccc2-c2ccccc21)C(=O)NC1(CC(=O)O)CCOCC1. The Labute approximate surface area is 204 Å². The number of hydrogen-bond donors (Lipinski definition) is 3. The Morgan fingerprint density at radius 3 is 2.26 bits per heavy atom. The first kappa shape index (κ1) is 24.5. The molecule has 2 aromatic carbocycles. The van der Waals surface area contributed by atoms with Crippen molar-refractivity contribution in [2.45, 2.75) is 43.2 Å². The molecule has 1 aliphatic carbocycles. The zero-order chi connectivity index (χ0) is 24.8. The van der Waals surface area contributed by atoms with Gasteiger partial charge in [0.25, 0.3) is 0 Å². The second-order valence-corrected chi connectivity index (χ2v) is 9.00. The van der Waals surface area contributed by atoms with Gasteiger partial charge in [-0.1, -0.05) is 54.6 Å². The largest absolute Gasteiger partial charge is 0.481 e. The number of nitrogens with one attached hydrogen (secondary N) is 2. The van der Waals surface area contributed by atoms with E-state index in [4.69, 9.17) is 9.47 Å². The van der Waals surface area contributed by atoms with Gasteiger partial charge < -0.3 is 25.2 Å². The molecule has 0 aromatic heterocycles. The number of fused-ring (bicyclic) bond motifs is 3. The number of carbonyl (C=O) groups is 3. The molecule has 35 heavy (non-hydrogen) atoms. The van der Waals surface area contributed by atoms with E-state index < -0.39 is 29.6 Å². The third kappa shape index (κ3) is 5.54. The lowest BCUT2D eigenvalue weighted by molar-refractivity contribution is -0.140. The van der Waals surface area contributed by atoms with Crippen LogP contribution in [-0.2, 0) is 19.1 Å². The molecule has 3 N–H and O–H groups in total. The van der Waals surface area contributed by atoms with Gasteiger partial charge in [0.05, 0.1) is 12.0 Å². The quantitative estimate of drug-likeness (QED) is 0.475. The lowest BCUT2D eigenvalue weighted by Crippen LogP contribution is -2.58. The van der Waals surface area contributed by atoms with Gasteiger partial charge in [0.2, 0.25) is 5.91 Å². The molecule has 0 saturated carbocycles. The van der Waals surface area contributed by atoms with Crippen LogP contribution in [0.15, 0.2) is 61.2 Å². The smallest absolute Gasteiger partial charge is 0.407 e. The molecule has 8 heteroatoms. The van der Waals surface area contributed by atoms with E-state index in [-0.39, 0.29) is 25.4 Å². The number of alkyl carbamates (subject to hydrolysis) is 1. The standard InChI is InChI=1S/C27H30N2O6/c1-2-7-23(25(32)29-27(16-24(30)31)12-14-34-15-13-27)28-26(33)35-17-22-20-10-5-3-8-18(20)19-9-4-6-11-21(19)22/h2-6,8-11,22-23H,1,7,12-17H2,(H,28,33)(H,29,32)(H,30,31). The van der Waals surface area contributed by atoms with Gasteiger partial charge in [-0.3, -0.25) is 9.59 Å². The summed E-state index contributed by atoms with van der Waals surface area (Å²) >= 11 is 0. The molecule has 1 aliphatic heterocycles. The summed E-state index contributed by atoms with van der Waals surface area (Å²) in [6.07, 6.45) is 1.55. The van der Waals surface area contributed by atoms with Gasteiger partial charge in [0.15, 0.2) is 0 Å². The molecule has 2 amide bonds. The molecular formula is C27H30N2O6. The Morgan fingerprint density at radius 1 is 1.09 bits per heavy atom. The average molecular weight is 479 g/mol. The molecule has 1 saturated heterocycles. The maximum Gasteiger partial charge on any atom is 0.407 e. The van der Waals surface area contributed by atoms with Gasteiger partial charge in [0.1, 0.15) is 12.6 Å². The van der Waals surface area contributed by atoms with Crippen molar-refractivity contribution in [2.75, 3.05) is 19.8 Å². The van der Waals surface area contributed by atoms with Gasteiger partial charge in [-0.05, 0) is 41.5 Å². The predicted molar refractivity (Wildman–Crippen MR) is 130 cm³/mol. The summed E-state index contributed by atoms with van der Waals surface area (Å²) in [4.78, 5) is 37.2. The molecule has 1 unspecified atom stereocenters. The van der Waals surface area contributed by atoms with Gasteiger partial charge in [-0.25, -0.2) is 4.79 Å². The molecule has 1 fully saturated rings. The first-order valence-corrected chi connectivity index (χ1v) is 11.8. The number of benzene rings is 2. The van der Waals surface area contributed by atoms with E-state index in [0.29, 0.717) is 26.1 Å². The van der Waals surface area contributed by atoms with Crippen molar-refractivity contribution in [2.24, 2.45) is 0 Å². The molecule has 1 heterocycles. The molecule has 2 aromatic rings. The first-order chi connectivity index (χ1) is 16.9. The van der Waals surface area contributed by atoms with Crippen molar-refractivity contribution in [3.05, 3.63) is 72.3 Å². The summed E-state index contributed by atoms with van der Waals surface area (Å²) in [5.41, 5.74) is 3.53. The fourth-order valence-electron chi connectivity index (χ4n) is 4.93. The Balaban J connectivity index is 1.41.